The largest absolute Gasteiger partial charge is 0.481 e. The van der Waals surface area contributed by atoms with Crippen LogP contribution in [0.4, 0.5) is 11.4 Å². The zero-order chi connectivity index (χ0) is 20.3. The molecule has 28 heavy (non-hydrogen) atoms. The second-order valence-corrected chi connectivity index (χ2v) is 8.22. The first-order valence-corrected chi connectivity index (χ1v) is 10.6. The van der Waals surface area contributed by atoms with Crippen LogP contribution in [0, 0.1) is 0 Å². The number of hydrogen-bond acceptors (Lipinski definition) is 3. The van der Waals surface area contributed by atoms with E-state index >= 15 is 0 Å². The molecule has 0 aliphatic carbocycles. The van der Waals surface area contributed by atoms with Crippen molar-refractivity contribution in [1.29, 1.82) is 0 Å². The van der Waals surface area contributed by atoms with Crippen molar-refractivity contribution in [2.45, 2.75) is 19.3 Å². The van der Waals surface area contributed by atoms with Crippen LogP contribution >= 0.6 is 58.0 Å². The molecule has 150 valence electrons. The lowest BCUT2D eigenvalue weighted by molar-refractivity contribution is -0.118. The van der Waals surface area contributed by atoms with E-state index in [0.29, 0.717) is 5.69 Å². The Morgan fingerprint density at radius 1 is 0.857 bits per heavy atom. The minimum absolute atomic E-state index is 0.000230. The Morgan fingerprint density at radius 2 is 1.39 bits per heavy atom. The SMILES string of the molecule is O=C(COc1c(Cl)c(Cl)c(Cl)c(Cl)c1Cl)Nc1ccc(N2CCCCC2)cc1. The first-order chi connectivity index (χ1) is 13.4. The predicted octanol–water partition coefficient (Wildman–Crippen LogP) is 6.96. The number of ether oxygens (including phenoxy) is 1. The van der Waals surface area contributed by atoms with Crippen molar-refractivity contribution in [2.75, 3.05) is 29.9 Å². The van der Waals surface area contributed by atoms with E-state index in [1.807, 2.05) is 24.3 Å². The molecule has 0 unspecified atom stereocenters. The average molecular weight is 483 g/mol. The van der Waals surface area contributed by atoms with Gasteiger partial charge in [-0.05, 0) is 43.5 Å². The third-order valence-corrected chi connectivity index (χ3v) is 6.63. The summed E-state index contributed by atoms with van der Waals surface area (Å²) in [6, 6.07) is 7.71. The number of carbonyl (C=O) groups excluding carboxylic acids is 1. The van der Waals surface area contributed by atoms with Gasteiger partial charge in [0, 0.05) is 24.5 Å². The number of amides is 1. The number of nitrogens with zero attached hydrogens (tertiary/aromatic N) is 1. The first kappa shape index (κ1) is 21.7. The van der Waals surface area contributed by atoms with E-state index in [0.717, 1.165) is 18.8 Å². The summed E-state index contributed by atoms with van der Waals surface area (Å²) in [4.78, 5) is 14.6. The molecular formula is C19H17Cl5N2O2. The Hall–Kier alpha value is -1.04. The second kappa shape index (κ2) is 9.64. The summed E-state index contributed by atoms with van der Waals surface area (Å²) in [5, 5.41) is 2.82. The van der Waals surface area contributed by atoms with Gasteiger partial charge in [0.25, 0.3) is 5.91 Å². The molecule has 1 heterocycles. The van der Waals surface area contributed by atoms with Crippen molar-refractivity contribution in [3.8, 4) is 5.75 Å². The van der Waals surface area contributed by atoms with E-state index in [-0.39, 0.29) is 43.4 Å². The van der Waals surface area contributed by atoms with Gasteiger partial charge in [-0.25, -0.2) is 0 Å². The van der Waals surface area contributed by atoms with E-state index in [1.54, 1.807) is 0 Å². The summed E-state index contributed by atoms with van der Waals surface area (Å²) in [6.07, 6.45) is 3.70. The quantitative estimate of drug-likeness (QED) is 0.370. The van der Waals surface area contributed by atoms with Crippen molar-refractivity contribution in [1.82, 2.24) is 0 Å². The molecule has 0 spiro atoms. The summed E-state index contributed by atoms with van der Waals surface area (Å²) in [5.74, 6) is -0.363. The molecule has 2 aromatic rings. The van der Waals surface area contributed by atoms with Crippen LogP contribution in [-0.4, -0.2) is 25.6 Å². The normalized spacial score (nSPS) is 14.1. The van der Waals surface area contributed by atoms with Crippen LogP contribution in [0.2, 0.25) is 25.1 Å². The van der Waals surface area contributed by atoms with Gasteiger partial charge in [0.05, 0.1) is 15.1 Å². The number of carbonyl (C=O) groups is 1. The smallest absolute Gasteiger partial charge is 0.262 e. The summed E-state index contributed by atoms with van der Waals surface area (Å²) >= 11 is 30.1. The molecule has 1 saturated heterocycles. The fraction of sp³-hybridized carbons (Fsp3) is 0.316. The number of nitrogens with one attached hydrogen (secondary N) is 1. The Morgan fingerprint density at radius 3 is 1.96 bits per heavy atom. The summed E-state index contributed by atoms with van der Waals surface area (Å²) < 4.78 is 5.43. The third-order valence-electron chi connectivity index (χ3n) is 4.39. The van der Waals surface area contributed by atoms with E-state index in [2.05, 4.69) is 10.2 Å². The lowest BCUT2D eigenvalue weighted by Gasteiger charge is -2.28. The monoisotopic (exact) mass is 480 g/mol. The molecular weight excluding hydrogens is 465 g/mol. The molecule has 4 nitrogen and oxygen atoms in total. The number of anilines is 2. The lowest BCUT2D eigenvalue weighted by atomic mass is 10.1. The number of hydrogen-bond donors (Lipinski definition) is 1. The van der Waals surface area contributed by atoms with Gasteiger partial charge in [0.2, 0.25) is 0 Å². The van der Waals surface area contributed by atoms with Gasteiger partial charge in [-0.3, -0.25) is 4.79 Å². The van der Waals surface area contributed by atoms with Crippen LogP contribution in [0.5, 0.6) is 5.75 Å². The molecule has 0 aromatic heterocycles. The molecule has 0 bridgehead atoms. The van der Waals surface area contributed by atoms with Gasteiger partial charge in [0.15, 0.2) is 12.4 Å². The molecule has 0 atom stereocenters. The van der Waals surface area contributed by atoms with Crippen LogP contribution < -0.4 is 15.0 Å². The maximum absolute atomic E-state index is 12.2. The van der Waals surface area contributed by atoms with E-state index in [9.17, 15) is 4.79 Å². The van der Waals surface area contributed by atoms with Crippen molar-refractivity contribution in [2.24, 2.45) is 0 Å². The Balaban J connectivity index is 1.60. The molecule has 1 amide bonds. The zero-order valence-corrected chi connectivity index (χ0v) is 18.5. The Kier molecular flexibility index (Phi) is 7.46. The number of halogens is 5. The molecule has 1 fully saturated rings. The molecule has 2 aromatic carbocycles. The van der Waals surface area contributed by atoms with Crippen molar-refractivity contribution < 1.29 is 9.53 Å². The Labute approximate surface area is 188 Å². The fourth-order valence-corrected chi connectivity index (χ4v) is 4.18. The number of benzene rings is 2. The molecule has 1 aliphatic heterocycles. The predicted molar refractivity (Wildman–Crippen MR) is 118 cm³/mol. The maximum Gasteiger partial charge on any atom is 0.262 e. The van der Waals surface area contributed by atoms with E-state index in [1.165, 1.54) is 19.3 Å². The second-order valence-electron chi connectivity index (χ2n) is 6.33. The van der Waals surface area contributed by atoms with Gasteiger partial charge in [-0.1, -0.05) is 58.0 Å². The number of rotatable bonds is 5. The standard InChI is InChI=1S/C19H17Cl5N2O2/c20-14-15(21)17(23)19(18(24)16(14)22)28-10-13(27)25-11-4-6-12(7-5-11)26-8-2-1-3-9-26/h4-7H,1-3,8-10H2,(H,25,27). The highest BCUT2D eigenvalue weighted by Crippen LogP contribution is 2.48. The lowest BCUT2D eigenvalue weighted by Crippen LogP contribution is -2.29. The van der Waals surface area contributed by atoms with Crippen LogP contribution in [0.3, 0.4) is 0 Å². The molecule has 0 radical (unpaired) electrons. The first-order valence-electron chi connectivity index (χ1n) is 8.67. The highest BCUT2D eigenvalue weighted by atomic mass is 35.5. The summed E-state index contributed by atoms with van der Waals surface area (Å²) in [5.41, 5.74) is 1.82. The molecule has 0 saturated carbocycles. The average Bonchev–Trinajstić information content (AvgIpc) is 2.72. The topological polar surface area (TPSA) is 41.6 Å². The van der Waals surface area contributed by atoms with Crippen molar-refractivity contribution >= 4 is 75.3 Å². The maximum atomic E-state index is 12.2. The van der Waals surface area contributed by atoms with Gasteiger partial charge in [-0.15, -0.1) is 0 Å². The van der Waals surface area contributed by atoms with Crippen LogP contribution in [0.25, 0.3) is 0 Å². The zero-order valence-electron chi connectivity index (χ0n) is 14.7. The summed E-state index contributed by atoms with van der Waals surface area (Å²) in [6.45, 7) is 1.81. The number of piperidine rings is 1. The molecule has 1 aliphatic rings. The minimum Gasteiger partial charge on any atom is -0.481 e. The Bertz CT molecular complexity index is 839. The highest BCUT2D eigenvalue weighted by Gasteiger charge is 2.21. The van der Waals surface area contributed by atoms with Crippen LogP contribution in [-0.2, 0) is 4.79 Å². The molecule has 9 heteroatoms. The van der Waals surface area contributed by atoms with E-state index < -0.39 is 0 Å². The molecule has 1 N–H and O–H groups in total. The summed E-state index contributed by atoms with van der Waals surface area (Å²) in [7, 11) is 0. The molecule has 3 rings (SSSR count). The fourth-order valence-electron chi connectivity index (χ4n) is 2.95. The van der Waals surface area contributed by atoms with Crippen LogP contribution in [0.1, 0.15) is 19.3 Å². The van der Waals surface area contributed by atoms with Crippen molar-refractivity contribution in [3.05, 3.63) is 49.4 Å². The van der Waals surface area contributed by atoms with Gasteiger partial charge in [0.1, 0.15) is 10.0 Å². The van der Waals surface area contributed by atoms with Gasteiger partial charge >= 0.3 is 0 Å². The van der Waals surface area contributed by atoms with Crippen LogP contribution in [0.15, 0.2) is 24.3 Å². The van der Waals surface area contributed by atoms with Gasteiger partial charge in [-0.2, -0.15) is 0 Å². The van der Waals surface area contributed by atoms with Gasteiger partial charge < -0.3 is 15.0 Å². The van der Waals surface area contributed by atoms with Crippen molar-refractivity contribution in [3.63, 3.8) is 0 Å². The minimum atomic E-state index is -0.375. The third kappa shape index (κ3) is 4.92. The highest BCUT2D eigenvalue weighted by molar-refractivity contribution is 6.55. The van der Waals surface area contributed by atoms with E-state index in [4.69, 9.17) is 62.7 Å².